The van der Waals surface area contributed by atoms with Crippen LogP contribution in [-0.2, 0) is 0 Å². The molecular weight excluding hydrogens is 260 g/mol. The van der Waals surface area contributed by atoms with Gasteiger partial charge in [-0.3, -0.25) is 0 Å². The first-order chi connectivity index (χ1) is 10.1. The molecule has 1 atom stereocenters. The SMILES string of the molecule is Cc1ccc(N2CCN(c3ccccc3C)C[C@@H]2C)nn1. The van der Waals surface area contributed by atoms with E-state index in [1.807, 2.05) is 13.0 Å². The Labute approximate surface area is 126 Å². The van der Waals surface area contributed by atoms with Crippen molar-refractivity contribution >= 4 is 11.5 Å². The van der Waals surface area contributed by atoms with Crippen LogP contribution >= 0.6 is 0 Å². The van der Waals surface area contributed by atoms with Crippen molar-refractivity contribution in [2.45, 2.75) is 26.8 Å². The predicted octanol–water partition coefficient (Wildman–Crippen LogP) is 2.81. The molecule has 1 aliphatic heterocycles. The van der Waals surface area contributed by atoms with Gasteiger partial charge in [0.25, 0.3) is 0 Å². The minimum absolute atomic E-state index is 0.426. The lowest BCUT2D eigenvalue weighted by Gasteiger charge is -2.41. The highest BCUT2D eigenvalue weighted by atomic mass is 15.3. The van der Waals surface area contributed by atoms with Crippen LogP contribution in [0.3, 0.4) is 0 Å². The third kappa shape index (κ3) is 2.84. The van der Waals surface area contributed by atoms with Gasteiger partial charge in [-0.2, -0.15) is 5.10 Å². The molecule has 1 saturated heterocycles. The largest absolute Gasteiger partial charge is 0.367 e. The van der Waals surface area contributed by atoms with Crippen LogP contribution in [0, 0.1) is 13.8 Å². The van der Waals surface area contributed by atoms with Crippen molar-refractivity contribution in [2.75, 3.05) is 29.4 Å². The van der Waals surface area contributed by atoms with Gasteiger partial charge < -0.3 is 9.80 Å². The molecule has 2 aromatic rings. The van der Waals surface area contributed by atoms with E-state index in [1.165, 1.54) is 11.3 Å². The number of para-hydroxylation sites is 1. The van der Waals surface area contributed by atoms with Crippen LogP contribution in [-0.4, -0.2) is 35.9 Å². The fraction of sp³-hybridized carbons (Fsp3) is 0.412. The lowest BCUT2D eigenvalue weighted by molar-refractivity contribution is 0.543. The number of nitrogens with zero attached hydrogens (tertiary/aromatic N) is 4. The summed E-state index contributed by atoms with van der Waals surface area (Å²) in [5, 5.41) is 8.50. The van der Waals surface area contributed by atoms with Gasteiger partial charge in [-0.05, 0) is 44.5 Å². The molecule has 0 saturated carbocycles. The number of hydrogen-bond donors (Lipinski definition) is 0. The lowest BCUT2D eigenvalue weighted by atomic mass is 10.1. The Morgan fingerprint density at radius 3 is 2.48 bits per heavy atom. The van der Waals surface area contributed by atoms with Gasteiger partial charge in [-0.1, -0.05) is 18.2 Å². The van der Waals surface area contributed by atoms with E-state index in [0.29, 0.717) is 6.04 Å². The Hall–Kier alpha value is -2.10. The minimum atomic E-state index is 0.426. The van der Waals surface area contributed by atoms with Gasteiger partial charge in [0.1, 0.15) is 0 Å². The second-order valence-corrected chi connectivity index (χ2v) is 5.81. The molecule has 4 nitrogen and oxygen atoms in total. The van der Waals surface area contributed by atoms with Crippen molar-refractivity contribution in [1.82, 2.24) is 10.2 Å². The van der Waals surface area contributed by atoms with E-state index in [9.17, 15) is 0 Å². The summed E-state index contributed by atoms with van der Waals surface area (Å²) in [6.45, 7) is 9.42. The van der Waals surface area contributed by atoms with E-state index in [4.69, 9.17) is 0 Å². The maximum absolute atomic E-state index is 4.33. The molecule has 1 aromatic carbocycles. The van der Waals surface area contributed by atoms with Crippen LogP contribution in [0.15, 0.2) is 36.4 Å². The Balaban J connectivity index is 1.75. The van der Waals surface area contributed by atoms with Crippen molar-refractivity contribution < 1.29 is 0 Å². The van der Waals surface area contributed by atoms with Crippen LogP contribution in [0.2, 0.25) is 0 Å². The monoisotopic (exact) mass is 282 g/mol. The van der Waals surface area contributed by atoms with Gasteiger partial charge in [0, 0.05) is 31.4 Å². The molecule has 0 amide bonds. The molecule has 1 aliphatic rings. The molecule has 4 heteroatoms. The average molecular weight is 282 g/mol. The summed E-state index contributed by atoms with van der Waals surface area (Å²) >= 11 is 0. The standard InChI is InChI=1S/C17H22N4/c1-13-6-4-5-7-16(13)20-10-11-21(15(3)12-20)17-9-8-14(2)18-19-17/h4-9,15H,10-12H2,1-3H3/t15-/m0/s1. The molecule has 0 radical (unpaired) electrons. The fourth-order valence-corrected chi connectivity index (χ4v) is 2.98. The molecule has 110 valence electrons. The third-order valence-corrected chi connectivity index (χ3v) is 4.16. The van der Waals surface area contributed by atoms with Crippen LogP contribution in [0.4, 0.5) is 11.5 Å². The summed E-state index contributed by atoms with van der Waals surface area (Å²) in [5.74, 6) is 0.984. The molecule has 1 fully saturated rings. The molecule has 0 unspecified atom stereocenters. The summed E-state index contributed by atoms with van der Waals surface area (Å²) in [5.41, 5.74) is 3.65. The zero-order valence-corrected chi connectivity index (χ0v) is 13.0. The number of aromatic nitrogens is 2. The van der Waals surface area contributed by atoms with Crippen molar-refractivity contribution in [3.8, 4) is 0 Å². The quantitative estimate of drug-likeness (QED) is 0.848. The molecule has 1 aromatic heterocycles. The molecule has 21 heavy (non-hydrogen) atoms. The summed E-state index contributed by atoms with van der Waals surface area (Å²) in [6.07, 6.45) is 0. The summed E-state index contributed by atoms with van der Waals surface area (Å²) in [6, 6.07) is 13.1. The molecule has 2 heterocycles. The minimum Gasteiger partial charge on any atom is -0.367 e. The predicted molar refractivity (Wildman–Crippen MR) is 87.0 cm³/mol. The number of aryl methyl sites for hydroxylation is 2. The van der Waals surface area contributed by atoms with Crippen LogP contribution in [0.25, 0.3) is 0 Å². The fourth-order valence-electron chi connectivity index (χ4n) is 2.98. The van der Waals surface area contributed by atoms with Crippen LogP contribution in [0.1, 0.15) is 18.2 Å². The maximum atomic E-state index is 4.33. The molecule has 3 rings (SSSR count). The molecule has 0 N–H and O–H groups in total. The van der Waals surface area contributed by atoms with Gasteiger partial charge in [0.05, 0.1) is 5.69 Å². The first-order valence-electron chi connectivity index (χ1n) is 7.52. The normalized spacial score (nSPS) is 18.9. The van der Waals surface area contributed by atoms with Crippen LogP contribution in [0.5, 0.6) is 0 Å². The van der Waals surface area contributed by atoms with E-state index in [-0.39, 0.29) is 0 Å². The Morgan fingerprint density at radius 2 is 1.81 bits per heavy atom. The molecule has 0 bridgehead atoms. The zero-order valence-electron chi connectivity index (χ0n) is 13.0. The van der Waals surface area contributed by atoms with E-state index < -0.39 is 0 Å². The van der Waals surface area contributed by atoms with Crippen molar-refractivity contribution in [1.29, 1.82) is 0 Å². The number of rotatable bonds is 2. The van der Waals surface area contributed by atoms with Gasteiger partial charge in [0.15, 0.2) is 5.82 Å². The first-order valence-corrected chi connectivity index (χ1v) is 7.52. The smallest absolute Gasteiger partial charge is 0.151 e. The van der Waals surface area contributed by atoms with Gasteiger partial charge in [0.2, 0.25) is 0 Å². The average Bonchev–Trinajstić information content (AvgIpc) is 2.49. The molecule has 0 spiro atoms. The third-order valence-electron chi connectivity index (χ3n) is 4.16. The maximum Gasteiger partial charge on any atom is 0.151 e. The summed E-state index contributed by atoms with van der Waals surface area (Å²) in [7, 11) is 0. The van der Waals surface area contributed by atoms with Crippen molar-refractivity contribution in [2.24, 2.45) is 0 Å². The number of hydrogen-bond acceptors (Lipinski definition) is 4. The molecular formula is C17H22N4. The van der Waals surface area contributed by atoms with E-state index >= 15 is 0 Å². The highest BCUT2D eigenvalue weighted by molar-refractivity contribution is 5.55. The first kappa shape index (κ1) is 13.9. The molecule has 0 aliphatic carbocycles. The highest BCUT2D eigenvalue weighted by Crippen LogP contribution is 2.24. The Bertz CT molecular complexity index is 608. The number of piperazine rings is 1. The summed E-state index contributed by atoms with van der Waals surface area (Å²) in [4.78, 5) is 4.82. The van der Waals surface area contributed by atoms with Gasteiger partial charge >= 0.3 is 0 Å². The second-order valence-electron chi connectivity index (χ2n) is 5.81. The van der Waals surface area contributed by atoms with Crippen molar-refractivity contribution in [3.63, 3.8) is 0 Å². The van der Waals surface area contributed by atoms with Crippen molar-refractivity contribution in [3.05, 3.63) is 47.7 Å². The second kappa shape index (κ2) is 5.72. The number of benzene rings is 1. The van der Waals surface area contributed by atoms with Gasteiger partial charge in [-0.25, -0.2) is 0 Å². The number of anilines is 2. The van der Waals surface area contributed by atoms with Gasteiger partial charge in [-0.15, -0.1) is 5.10 Å². The zero-order chi connectivity index (χ0) is 14.8. The van der Waals surface area contributed by atoms with E-state index in [1.54, 1.807) is 0 Å². The highest BCUT2D eigenvalue weighted by Gasteiger charge is 2.25. The Kier molecular flexibility index (Phi) is 3.78. The summed E-state index contributed by atoms with van der Waals surface area (Å²) < 4.78 is 0. The lowest BCUT2D eigenvalue weighted by Crippen LogP contribution is -2.52. The van der Waals surface area contributed by atoms with Crippen LogP contribution < -0.4 is 9.80 Å². The van der Waals surface area contributed by atoms with E-state index in [2.05, 4.69) is 64.2 Å². The van der Waals surface area contributed by atoms with E-state index in [0.717, 1.165) is 31.1 Å². The Morgan fingerprint density at radius 1 is 1.00 bits per heavy atom. The topological polar surface area (TPSA) is 32.3 Å².